The molecule has 0 radical (unpaired) electrons. The van der Waals surface area contributed by atoms with E-state index in [1.54, 1.807) is 0 Å². The summed E-state index contributed by atoms with van der Waals surface area (Å²) in [6.07, 6.45) is 3.66. The Hall–Kier alpha value is -0.200. The van der Waals surface area contributed by atoms with Crippen LogP contribution in [0.1, 0.15) is 109 Å². The van der Waals surface area contributed by atoms with Gasteiger partial charge in [0.15, 0.2) is 0 Å². The fourth-order valence-corrected chi connectivity index (χ4v) is 5.26. The van der Waals surface area contributed by atoms with Crippen molar-refractivity contribution in [2.24, 2.45) is 33.6 Å². The lowest BCUT2D eigenvalue weighted by atomic mass is 9.57. The summed E-state index contributed by atoms with van der Waals surface area (Å²) in [5, 5.41) is 10.6. The number of ether oxygens (including phenoxy) is 2. The van der Waals surface area contributed by atoms with Gasteiger partial charge >= 0.3 is 0 Å². The van der Waals surface area contributed by atoms with E-state index in [1.807, 2.05) is 20.8 Å². The molecule has 0 rings (SSSR count). The summed E-state index contributed by atoms with van der Waals surface area (Å²) in [6.45, 7) is 27.2. The van der Waals surface area contributed by atoms with Crippen molar-refractivity contribution in [3.05, 3.63) is 0 Å². The molecule has 0 bridgehead atoms. The highest BCUT2D eigenvalue weighted by atomic mass is 16.5. The van der Waals surface area contributed by atoms with E-state index in [1.165, 1.54) is 0 Å². The van der Waals surface area contributed by atoms with Crippen LogP contribution in [0.2, 0.25) is 0 Å². The molecule has 0 fully saturated rings. The van der Waals surface area contributed by atoms with Crippen molar-refractivity contribution >= 4 is 0 Å². The van der Waals surface area contributed by atoms with E-state index < -0.39 is 0 Å². The molecule has 5 N–H and O–H groups in total. The van der Waals surface area contributed by atoms with Crippen molar-refractivity contribution in [3.63, 3.8) is 0 Å². The summed E-state index contributed by atoms with van der Waals surface area (Å²) in [7, 11) is 0. The highest BCUT2D eigenvalue weighted by Crippen LogP contribution is 2.51. The van der Waals surface area contributed by atoms with E-state index in [4.69, 9.17) is 20.9 Å². The van der Waals surface area contributed by atoms with Crippen molar-refractivity contribution in [2.75, 3.05) is 19.8 Å². The molecule has 0 aromatic carbocycles. The zero-order valence-electron chi connectivity index (χ0n) is 23.6. The van der Waals surface area contributed by atoms with Crippen LogP contribution in [0, 0.1) is 22.2 Å². The molecule has 4 unspecified atom stereocenters. The largest absolute Gasteiger partial charge is 0.396 e. The Labute approximate surface area is 200 Å². The first-order valence-corrected chi connectivity index (χ1v) is 12.6. The van der Waals surface area contributed by atoms with Crippen LogP contribution in [0.25, 0.3) is 0 Å². The molecule has 0 spiro atoms. The number of aliphatic hydroxyl groups excluding tert-OH is 1. The van der Waals surface area contributed by atoms with Gasteiger partial charge in [-0.25, -0.2) is 0 Å². The minimum absolute atomic E-state index is 0.00633. The second kappa shape index (κ2) is 12.0. The van der Waals surface area contributed by atoms with E-state index in [0.717, 1.165) is 25.7 Å². The van der Waals surface area contributed by atoms with Crippen molar-refractivity contribution in [1.82, 2.24) is 0 Å². The molecule has 0 aliphatic heterocycles. The molecule has 0 aromatic rings. The lowest BCUT2D eigenvalue weighted by molar-refractivity contribution is -0.108. The van der Waals surface area contributed by atoms with Gasteiger partial charge in [0.1, 0.15) is 0 Å². The van der Waals surface area contributed by atoms with Crippen LogP contribution in [-0.4, -0.2) is 48.2 Å². The molecule has 194 valence electrons. The van der Waals surface area contributed by atoms with Crippen LogP contribution in [0.3, 0.4) is 0 Å². The monoisotopic (exact) mass is 458 g/mol. The second-order valence-electron chi connectivity index (χ2n) is 13.3. The number of hydrogen-bond donors (Lipinski definition) is 3. The van der Waals surface area contributed by atoms with Crippen molar-refractivity contribution < 1.29 is 14.6 Å². The molecule has 0 saturated heterocycles. The number of rotatable bonds is 16. The van der Waals surface area contributed by atoms with Gasteiger partial charge in [-0.3, -0.25) is 0 Å². The third-order valence-electron chi connectivity index (χ3n) is 7.51. The van der Waals surface area contributed by atoms with Gasteiger partial charge in [-0.15, -0.1) is 0 Å². The highest BCUT2D eigenvalue weighted by Gasteiger charge is 2.47. The van der Waals surface area contributed by atoms with Gasteiger partial charge in [0.25, 0.3) is 0 Å². The van der Waals surface area contributed by atoms with Gasteiger partial charge in [-0.05, 0) is 84.0 Å². The number of nitrogens with two attached hydrogens (primary N) is 2. The third kappa shape index (κ3) is 10.4. The maximum Gasteiger partial charge on any atom is 0.0644 e. The molecule has 32 heavy (non-hydrogen) atoms. The molecule has 4 atom stereocenters. The third-order valence-corrected chi connectivity index (χ3v) is 7.51. The van der Waals surface area contributed by atoms with Crippen LogP contribution in [0.4, 0.5) is 0 Å². The zero-order chi connectivity index (χ0) is 25.6. The van der Waals surface area contributed by atoms with Gasteiger partial charge in [0.05, 0.1) is 24.9 Å². The smallest absolute Gasteiger partial charge is 0.0644 e. The summed E-state index contributed by atoms with van der Waals surface area (Å²) < 4.78 is 12.6. The Bertz CT molecular complexity index is 532. The summed E-state index contributed by atoms with van der Waals surface area (Å²) in [5.74, 6) is 0.262. The molecular formula is C27H58N2O3. The first kappa shape index (κ1) is 31.8. The molecule has 0 aliphatic rings. The van der Waals surface area contributed by atoms with Crippen LogP contribution in [-0.2, 0) is 9.47 Å². The summed E-state index contributed by atoms with van der Waals surface area (Å²) >= 11 is 0. The van der Waals surface area contributed by atoms with Crippen molar-refractivity contribution in [3.8, 4) is 0 Å². The molecule has 0 amide bonds. The van der Waals surface area contributed by atoms with Crippen LogP contribution < -0.4 is 11.5 Å². The Balaban J connectivity index is 5.29. The van der Waals surface area contributed by atoms with E-state index in [2.05, 4.69) is 62.3 Å². The molecule has 0 aromatic heterocycles. The van der Waals surface area contributed by atoms with Gasteiger partial charge in [-0.2, -0.15) is 0 Å². The fourth-order valence-electron chi connectivity index (χ4n) is 5.26. The Morgan fingerprint density at radius 2 is 1.44 bits per heavy atom. The maximum absolute atomic E-state index is 10.6. The van der Waals surface area contributed by atoms with Crippen LogP contribution in [0.15, 0.2) is 0 Å². The Morgan fingerprint density at radius 3 is 1.84 bits per heavy atom. The van der Waals surface area contributed by atoms with Crippen LogP contribution in [0.5, 0.6) is 0 Å². The van der Waals surface area contributed by atoms with E-state index in [-0.39, 0.29) is 52.1 Å². The number of aliphatic hydroxyl groups is 1. The molecule has 0 aliphatic carbocycles. The van der Waals surface area contributed by atoms with Gasteiger partial charge in [0.2, 0.25) is 0 Å². The average Bonchev–Trinajstić information content (AvgIpc) is 2.55. The molecule has 5 heteroatoms. The topological polar surface area (TPSA) is 90.7 Å². The van der Waals surface area contributed by atoms with Crippen LogP contribution >= 0.6 is 0 Å². The summed E-state index contributed by atoms with van der Waals surface area (Å²) in [4.78, 5) is 0. The highest BCUT2D eigenvalue weighted by molar-refractivity contribution is 4.96. The van der Waals surface area contributed by atoms with Gasteiger partial charge in [-0.1, -0.05) is 41.5 Å². The first-order chi connectivity index (χ1) is 14.2. The quantitative estimate of drug-likeness (QED) is 0.283. The van der Waals surface area contributed by atoms with Crippen molar-refractivity contribution in [1.29, 1.82) is 0 Å². The minimum Gasteiger partial charge on any atom is -0.396 e. The van der Waals surface area contributed by atoms with Crippen molar-refractivity contribution in [2.45, 2.75) is 132 Å². The minimum atomic E-state index is -0.267. The summed E-state index contributed by atoms with van der Waals surface area (Å²) in [6, 6.07) is 0.112. The Morgan fingerprint density at radius 1 is 0.906 bits per heavy atom. The summed E-state index contributed by atoms with van der Waals surface area (Å²) in [5.41, 5.74) is 11.3. The van der Waals surface area contributed by atoms with E-state index >= 15 is 0 Å². The van der Waals surface area contributed by atoms with Gasteiger partial charge in [0, 0.05) is 23.6 Å². The predicted octanol–water partition coefficient (Wildman–Crippen LogP) is 5.52. The van der Waals surface area contributed by atoms with E-state index in [9.17, 15) is 5.11 Å². The normalized spacial score (nSPS) is 18.8. The fraction of sp³-hybridized carbons (Fsp3) is 1.00. The molecule has 0 heterocycles. The standard InChI is InChI=1S/C27H58N2O3/c1-13-27(18-30,24(7,8)19-31-16-20(2)26(11,12)29)17-23(5,6)15-22(4)32-25(9,10)14-21(3)28/h20-22,30H,13-19,28-29H2,1-12H3. The van der Waals surface area contributed by atoms with E-state index in [0.29, 0.717) is 13.2 Å². The molecule has 0 saturated carbocycles. The van der Waals surface area contributed by atoms with Gasteiger partial charge < -0.3 is 26.0 Å². The Kier molecular flexibility index (Phi) is 11.9. The lowest BCUT2D eigenvalue weighted by Crippen LogP contribution is -2.48. The average molecular weight is 459 g/mol. The SMILES string of the molecule is CCC(CO)(CC(C)(C)CC(C)OC(C)(C)CC(C)N)C(C)(C)COCC(C)C(C)(C)N. The number of hydrogen-bond acceptors (Lipinski definition) is 5. The zero-order valence-corrected chi connectivity index (χ0v) is 23.6. The first-order valence-electron chi connectivity index (χ1n) is 12.6. The lowest BCUT2D eigenvalue weighted by Gasteiger charge is -2.50. The molecule has 5 nitrogen and oxygen atoms in total. The second-order valence-corrected chi connectivity index (χ2v) is 13.3. The molecular weight excluding hydrogens is 400 g/mol. The maximum atomic E-state index is 10.6. The predicted molar refractivity (Wildman–Crippen MR) is 138 cm³/mol.